The minimum atomic E-state index is -3.83. The van der Waals surface area contributed by atoms with E-state index >= 15 is 0 Å². The van der Waals surface area contributed by atoms with Gasteiger partial charge >= 0.3 is 0 Å². The number of aromatic nitrogens is 1. The lowest BCUT2D eigenvalue weighted by atomic mass is 10.0. The van der Waals surface area contributed by atoms with Crippen molar-refractivity contribution in [3.63, 3.8) is 0 Å². The van der Waals surface area contributed by atoms with E-state index in [9.17, 15) is 12.8 Å². The second kappa shape index (κ2) is 8.33. The summed E-state index contributed by atoms with van der Waals surface area (Å²) in [5.41, 5.74) is 2.44. The number of hydrogen-bond donors (Lipinski definition) is 1. The topological polar surface area (TPSA) is 95.4 Å². The first-order valence-corrected chi connectivity index (χ1v) is 10.9. The molecule has 0 aliphatic carbocycles. The molecule has 2 N–H and O–H groups in total. The molecule has 4 rings (SSSR count). The van der Waals surface area contributed by atoms with Gasteiger partial charge in [-0.2, -0.15) is 0 Å². The van der Waals surface area contributed by atoms with Crippen molar-refractivity contribution < 1.29 is 22.0 Å². The number of ether oxygens (including phenoxy) is 1. The molecule has 0 aliphatic rings. The first-order valence-electron chi connectivity index (χ1n) is 9.36. The normalized spacial score (nSPS) is 11.5. The number of halogens is 1. The van der Waals surface area contributed by atoms with Gasteiger partial charge < -0.3 is 9.15 Å². The number of hydrogen-bond acceptors (Lipinski definition) is 5. The standard InChI is InChI=1S/C23H19FN2O4S/c1-29-22-18(8-5-9-19(22)24)23-21(16-10-12-17(13-11-16)31(25,27)28)26-20(30-23)14-15-6-3-2-4-7-15/h2-13H,14H2,1H3,(H2,25,27,28). The van der Waals surface area contributed by atoms with E-state index in [1.165, 1.54) is 25.3 Å². The van der Waals surface area contributed by atoms with Crippen molar-refractivity contribution in [1.82, 2.24) is 4.98 Å². The summed E-state index contributed by atoms with van der Waals surface area (Å²) in [4.78, 5) is 4.60. The Labute approximate surface area is 179 Å². The average Bonchev–Trinajstić information content (AvgIpc) is 3.17. The Bertz CT molecular complexity index is 1320. The Morgan fingerprint density at radius 2 is 1.71 bits per heavy atom. The number of rotatable bonds is 6. The summed E-state index contributed by atoms with van der Waals surface area (Å²) in [6.45, 7) is 0. The minimum Gasteiger partial charge on any atom is -0.493 e. The molecule has 158 valence electrons. The smallest absolute Gasteiger partial charge is 0.238 e. The van der Waals surface area contributed by atoms with E-state index in [-0.39, 0.29) is 10.6 Å². The maximum Gasteiger partial charge on any atom is 0.238 e. The van der Waals surface area contributed by atoms with Crippen LogP contribution in [0.4, 0.5) is 4.39 Å². The molecule has 0 saturated heterocycles. The number of nitrogens with zero attached hydrogens (tertiary/aromatic N) is 1. The van der Waals surface area contributed by atoms with Crippen LogP contribution in [0.1, 0.15) is 11.5 Å². The molecule has 1 aromatic heterocycles. The number of primary sulfonamides is 1. The molecule has 31 heavy (non-hydrogen) atoms. The third-order valence-corrected chi connectivity index (χ3v) is 5.67. The van der Waals surface area contributed by atoms with Crippen molar-refractivity contribution in [1.29, 1.82) is 0 Å². The molecule has 0 bridgehead atoms. The Balaban J connectivity index is 1.86. The minimum absolute atomic E-state index is 0.0193. The van der Waals surface area contributed by atoms with Crippen LogP contribution in [-0.2, 0) is 16.4 Å². The van der Waals surface area contributed by atoms with E-state index in [0.29, 0.717) is 34.9 Å². The third kappa shape index (κ3) is 4.35. The molecule has 0 atom stereocenters. The van der Waals surface area contributed by atoms with Crippen molar-refractivity contribution in [2.75, 3.05) is 7.11 Å². The summed E-state index contributed by atoms with van der Waals surface area (Å²) >= 11 is 0. The summed E-state index contributed by atoms with van der Waals surface area (Å²) in [6.07, 6.45) is 0.431. The molecule has 4 aromatic rings. The maximum absolute atomic E-state index is 14.3. The van der Waals surface area contributed by atoms with Gasteiger partial charge in [0.2, 0.25) is 10.0 Å². The van der Waals surface area contributed by atoms with Crippen LogP contribution in [0.2, 0.25) is 0 Å². The van der Waals surface area contributed by atoms with Crippen LogP contribution >= 0.6 is 0 Å². The van der Waals surface area contributed by atoms with E-state index in [4.69, 9.17) is 14.3 Å². The first-order chi connectivity index (χ1) is 14.9. The molecule has 0 saturated carbocycles. The van der Waals surface area contributed by atoms with Gasteiger partial charge in [-0.15, -0.1) is 0 Å². The molecule has 3 aromatic carbocycles. The van der Waals surface area contributed by atoms with E-state index in [0.717, 1.165) is 5.56 Å². The zero-order chi connectivity index (χ0) is 22.0. The van der Waals surface area contributed by atoms with Crippen LogP contribution < -0.4 is 9.88 Å². The molecule has 8 heteroatoms. The van der Waals surface area contributed by atoms with Crippen LogP contribution in [0, 0.1) is 5.82 Å². The van der Waals surface area contributed by atoms with Gasteiger partial charge in [0.25, 0.3) is 0 Å². The molecule has 0 unspecified atom stereocenters. The lowest BCUT2D eigenvalue weighted by Gasteiger charge is -2.08. The van der Waals surface area contributed by atoms with Crippen molar-refractivity contribution >= 4 is 10.0 Å². The van der Waals surface area contributed by atoms with Crippen LogP contribution in [0.5, 0.6) is 5.75 Å². The fraction of sp³-hybridized carbons (Fsp3) is 0.0870. The number of para-hydroxylation sites is 1. The monoisotopic (exact) mass is 438 g/mol. The molecule has 0 radical (unpaired) electrons. The lowest BCUT2D eigenvalue weighted by molar-refractivity contribution is 0.386. The van der Waals surface area contributed by atoms with Gasteiger partial charge in [0.05, 0.1) is 17.6 Å². The van der Waals surface area contributed by atoms with Gasteiger partial charge in [0.1, 0.15) is 5.69 Å². The number of benzene rings is 3. The SMILES string of the molecule is COc1c(F)cccc1-c1oc(Cc2ccccc2)nc1-c1ccc(S(N)(=O)=O)cc1. The van der Waals surface area contributed by atoms with Gasteiger partial charge in [0.15, 0.2) is 23.2 Å². The Morgan fingerprint density at radius 1 is 1.00 bits per heavy atom. The van der Waals surface area contributed by atoms with Gasteiger partial charge in [0, 0.05) is 12.0 Å². The summed E-state index contributed by atoms with van der Waals surface area (Å²) in [5.74, 6) is 0.257. The highest BCUT2D eigenvalue weighted by molar-refractivity contribution is 7.89. The van der Waals surface area contributed by atoms with Gasteiger partial charge in [-0.05, 0) is 29.8 Å². The second-order valence-electron chi connectivity index (χ2n) is 6.84. The number of nitrogens with two attached hydrogens (primary N) is 1. The highest BCUT2D eigenvalue weighted by Crippen LogP contribution is 2.39. The quantitative estimate of drug-likeness (QED) is 0.482. The Morgan fingerprint density at radius 3 is 2.35 bits per heavy atom. The summed E-state index contributed by atoms with van der Waals surface area (Å²) in [6, 6.07) is 20.1. The maximum atomic E-state index is 14.3. The molecular weight excluding hydrogens is 419 g/mol. The predicted molar refractivity (Wildman–Crippen MR) is 115 cm³/mol. The number of oxazole rings is 1. The second-order valence-corrected chi connectivity index (χ2v) is 8.40. The van der Waals surface area contributed by atoms with Crippen molar-refractivity contribution in [3.8, 4) is 28.3 Å². The van der Waals surface area contributed by atoms with Gasteiger partial charge in [-0.25, -0.2) is 22.9 Å². The Kier molecular flexibility index (Phi) is 5.58. The van der Waals surface area contributed by atoms with Crippen molar-refractivity contribution in [2.45, 2.75) is 11.3 Å². The summed E-state index contributed by atoms with van der Waals surface area (Å²) in [5, 5.41) is 5.19. The highest BCUT2D eigenvalue weighted by Gasteiger charge is 2.22. The van der Waals surface area contributed by atoms with Crippen LogP contribution in [0.3, 0.4) is 0 Å². The fourth-order valence-corrected chi connectivity index (χ4v) is 3.80. The van der Waals surface area contributed by atoms with Crippen LogP contribution in [0.15, 0.2) is 82.1 Å². The Hall–Kier alpha value is -3.49. The van der Waals surface area contributed by atoms with Gasteiger partial charge in [-0.1, -0.05) is 48.5 Å². The summed E-state index contributed by atoms with van der Waals surface area (Å²) < 4.78 is 48.8. The average molecular weight is 438 g/mol. The van der Waals surface area contributed by atoms with E-state index in [2.05, 4.69) is 4.98 Å². The zero-order valence-electron chi connectivity index (χ0n) is 16.6. The molecule has 6 nitrogen and oxygen atoms in total. The van der Waals surface area contributed by atoms with Gasteiger partial charge in [-0.3, -0.25) is 0 Å². The molecular formula is C23H19FN2O4S. The molecule has 0 spiro atoms. The largest absolute Gasteiger partial charge is 0.493 e. The highest BCUT2D eigenvalue weighted by atomic mass is 32.2. The molecule has 1 heterocycles. The van der Waals surface area contributed by atoms with Crippen molar-refractivity contribution in [3.05, 3.63) is 90.1 Å². The van der Waals surface area contributed by atoms with Crippen LogP contribution in [0.25, 0.3) is 22.6 Å². The molecule has 0 fully saturated rings. The number of methoxy groups -OCH3 is 1. The number of sulfonamides is 1. The van der Waals surface area contributed by atoms with E-state index < -0.39 is 15.8 Å². The van der Waals surface area contributed by atoms with E-state index in [1.54, 1.807) is 24.3 Å². The third-order valence-electron chi connectivity index (χ3n) is 4.74. The fourth-order valence-electron chi connectivity index (χ4n) is 3.29. The molecule has 0 aliphatic heterocycles. The zero-order valence-corrected chi connectivity index (χ0v) is 17.4. The molecule has 0 amide bonds. The van der Waals surface area contributed by atoms with E-state index in [1.807, 2.05) is 30.3 Å². The van der Waals surface area contributed by atoms with Crippen LogP contribution in [-0.4, -0.2) is 20.5 Å². The summed E-state index contributed by atoms with van der Waals surface area (Å²) in [7, 11) is -2.45. The predicted octanol–water partition coefficient (Wildman–Crippen LogP) is 4.39. The van der Waals surface area contributed by atoms with Crippen molar-refractivity contribution in [2.24, 2.45) is 5.14 Å². The first kappa shape index (κ1) is 20.8. The lowest BCUT2D eigenvalue weighted by Crippen LogP contribution is -2.11.